The molecule has 0 radical (unpaired) electrons. The number of hydrogen-bond donors (Lipinski definition) is 0. The highest BCUT2D eigenvalue weighted by Gasteiger charge is 2.31. The molecule has 6 heteroatoms. The Morgan fingerprint density at radius 1 is 1.32 bits per heavy atom. The summed E-state index contributed by atoms with van der Waals surface area (Å²) >= 11 is 0. The molecule has 1 aromatic rings. The standard InChI is InChI=1S/C16H19FN2O3/c17-14-4-2-1-3-13(14)9-15(20)18-6-5-12(10-18)11-19-7-8-22-16(19)21/h1-4,12H,5-11H2. The summed E-state index contributed by atoms with van der Waals surface area (Å²) in [5.74, 6) is -0.127. The Labute approximate surface area is 128 Å². The van der Waals surface area contributed by atoms with Crippen molar-refractivity contribution >= 4 is 12.0 Å². The Morgan fingerprint density at radius 2 is 2.14 bits per heavy atom. The minimum atomic E-state index is -0.341. The number of amides is 2. The van der Waals surface area contributed by atoms with E-state index in [4.69, 9.17) is 4.74 Å². The first-order valence-corrected chi connectivity index (χ1v) is 7.56. The Hall–Kier alpha value is -2.11. The maximum absolute atomic E-state index is 13.6. The Kier molecular flexibility index (Phi) is 4.27. The predicted octanol–water partition coefficient (Wildman–Crippen LogP) is 1.67. The van der Waals surface area contributed by atoms with Crippen LogP contribution in [0.25, 0.3) is 0 Å². The van der Waals surface area contributed by atoms with Gasteiger partial charge in [-0.15, -0.1) is 0 Å². The van der Waals surface area contributed by atoms with E-state index in [1.807, 2.05) is 0 Å². The van der Waals surface area contributed by atoms with Crippen molar-refractivity contribution in [3.63, 3.8) is 0 Å². The maximum Gasteiger partial charge on any atom is 0.409 e. The van der Waals surface area contributed by atoms with Crippen LogP contribution in [0.3, 0.4) is 0 Å². The third kappa shape index (κ3) is 3.21. The number of carbonyl (C=O) groups excluding carboxylic acids is 2. The topological polar surface area (TPSA) is 49.9 Å². The van der Waals surface area contributed by atoms with Gasteiger partial charge in [0.25, 0.3) is 0 Å². The van der Waals surface area contributed by atoms with Gasteiger partial charge in [0, 0.05) is 19.6 Å². The molecule has 22 heavy (non-hydrogen) atoms. The molecule has 0 saturated carbocycles. The number of carbonyl (C=O) groups is 2. The van der Waals surface area contributed by atoms with Crippen LogP contribution in [0, 0.1) is 11.7 Å². The molecule has 2 heterocycles. The first-order chi connectivity index (χ1) is 10.6. The molecule has 0 bridgehead atoms. The summed E-state index contributed by atoms with van der Waals surface area (Å²) in [5, 5.41) is 0. The minimum absolute atomic E-state index is 0.0587. The minimum Gasteiger partial charge on any atom is -0.448 e. The van der Waals surface area contributed by atoms with Crippen molar-refractivity contribution in [2.24, 2.45) is 5.92 Å². The van der Waals surface area contributed by atoms with Gasteiger partial charge in [0.1, 0.15) is 12.4 Å². The summed E-state index contributed by atoms with van der Waals surface area (Å²) in [6, 6.07) is 6.36. The molecule has 3 rings (SSSR count). The normalized spacial score (nSPS) is 21.3. The first-order valence-electron chi connectivity index (χ1n) is 7.56. The number of cyclic esters (lactones) is 1. The molecule has 1 unspecified atom stereocenters. The number of ether oxygens (including phenoxy) is 1. The van der Waals surface area contributed by atoms with Crippen LogP contribution >= 0.6 is 0 Å². The third-order valence-corrected chi connectivity index (χ3v) is 4.26. The third-order valence-electron chi connectivity index (χ3n) is 4.26. The molecule has 1 atom stereocenters. The summed E-state index contributed by atoms with van der Waals surface area (Å²) < 4.78 is 18.5. The molecule has 0 aliphatic carbocycles. The van der Waals surface area contributed by atoms with Crippen molar-refractivity contribution in [2.75, 3.05) is 32.8 Å². The van der Waals surface area contributed by atoms with Gasteiger partial charge in [0.05, 0.1) is 13.0 Å². The fourth-order valence-corrected chi connectivity index (χ4v) is 3.03. The quantitative estimate of drug-likeness (QED) is 0.850. The fourth-order valence-electron chi connectivity index (χ4n) is 3.03. The van der Waals surface area contributed by atoms with Gasteiger partial charge in [-0.2, -0.15) is 0 Å². The van der Waals surface area contributed by atoms with Crippen LogP contribution in [0.1, 0.15) is 12.0 Å². The molecule has 118 valence electrons. The molecule has 5 nitrogen and oxygen atoms in total. The zero-order valence-corrected chi connectivity index (χ0v) is 12.3. The van der Waals surface area contributed by atoms with Crippen LogP contribution in [0.4, 0.5) is 9.18 Å². The van der Waals surface area contributed by atoms with Crippen LogP contribution in [-0.2, 0) is 16.0 Å². The number of halogens is 1. The Bertz CT molecular complexity index is 578. The van der Waals surface area contributed by atoms with E-state index in [1.165, 1.54) is 6.07 Å². The van der Waals surface area contributed by atoms with E-state index in [0.29, 0.717) is 38.3 Å². The molecule has 2 aliphatic heterocycles. The van der Waals surface area contributed by atoms with E-state index in [0.717, 1.165) is 6.42 Å². The van der Waals surface area contributed by atoms with Gasteiger partial charge in [0.15, 0.2) is 0 Å². The highest BCUT2D eigenvalue weighted by Crippen LogP contribution is 2.20. The van der Waals surface area contributed by atoms with Crippen molar-refractivity contribution in [3.8, 4) is 0 Å². The van der Waals surface area contributed by atoms with Gasteiger partial charge in [-0.05, 0) is 24.0 Å². The molecular weight excluding hydrogens is 287 g/mol. The number of benzene rings is 1. The van der Waals surface area contributed by atoms with Gasteiger partial charge in [0.2, 0.25) is 5.91 Å². The molecule has 2 saturated heterocycles. The number of nitrogens with zero attached hydrogens (tertiary/aromatic N) is 2. The van der Waals surface area contributed by atoms with E-state index in [2.05, 4.69) is 0 Å². The van der Waals surface area contributed by atoms with Crippen molar-refractivity contribution in [1.29, 1.82) is 0 Å². The van der Waals surface area contributed by atoms with Crippen molar-refractivity contribution in [2.45, 2.75) is 12.8 Å². The van der Waals surface area contributed by atoms with E-state index >= 15 is 0 Å². The van der Waals surface area contributed by atoms with E-state index < -0.39 is 0 Å². The second kappa shape index (κ2) is 6.34. The Morgan fingerprint density at radius 3 is 2.86 bits per heavy atom. The number of likely N-dealkylation sites (tertiary alicyclic amines) is 1. The van der Waals surface area contributed by atoms with Crippen molar-refractivity contribution in [3.05, 3.63) is 35.6 Å². The van der Waals surface area contributed by atoms with Crippen LogP contribution < -0.4 is 0 Å². The highest BCUT2D eigenvalue weighted by molar-refractivity contribution is 5.79. The van der Waals surface area contributed by atoms with Crippen LogP contribution in [0.2, 0.25) is 0 Å². The lowest BCUT2D eigenvalue weighted by Crippen LogP contribution is -2.34. The summed E-state index contributed by atoms with van der Waals surface area (Å²) in [6.45, 7) is 2.99. The van der Waals surface area contributed by atoms with Gasteiger partial charge >= 0.3 is 6.09 Å². The molecule has 0 N–H and O–H groups in total. The van der Waals surface area contributed by atoms with Gasteiger partial charge in [-0.25, -0.2) is 9.18 Å². The highest BCUT2D eigenvalue weighted by atomic mass is 19.1. The second-order valence-corrected chi connectivity index (χ2v) is 5.82. The lowest BCUT2D eigenvalue weighted by atomic mass is 10.1. The summed E-state index contributed by atoms with van der Waals surface area (Å²) in [7, 11) is 0. The molecular formula is C16H19FN2O3. The molecule has 2 fully saturated rings. The van der Waals surface area contributed by atoms with Gasteiger partial charge in [-0.3, -0.25) is 4.79 Å². The molecule has 0 aromatic heterocycles. The molecule has 2 amide bonds. The number of hydrogen-bond acceptors (Lipinski definition) is 3. The molecule has 0 spiro atoms. The van der Waals surface area contributed by atoms with E-state index in [9.17, 15) is 14.0 Å². The summed E-state index contributed by atoms with van der Waals surface area (Å²) in [4.78, 5) is 27.2. The SMILES string of the molecule is O=C(Cc1ccccc1F)N1CCC(CN2CCOC2=O)C1. The molecule has 1 aromatic carbocycles. The maximum atomic E-state index is 13.6. The second-order valence-electron chi connectivity index (χ2n) is 5.82. The first kappa shape index (κ1) is 14.8. The largest absolute Gasteiger partial charge is 0.448 e. The monoisotopic (exact) mass is 306 g/mol. The lowest BCUT2D eigenvalue weighted by molar-refractivity contribution is -0.129. The van der Waals surface area contributed by atoms with E-state index in [1.54, 1.807) is 28.0 Å². The van der Waals surface area contributed by atoms with Gasteiger partial charge < -0.3 is 14.5 Å². The fraction of sp³-hybridized carbons (Fsp3) is 0.500. The number of rotatable bonds is 4. The Balaban J connectivity index is 1.52. The zero-order chi connectivity index (χ0) is 15.5. The smallest absolute Gasteiger partial charge is 0.409 e. The van der Waals surface area contributed by atoms with Crippen molar-refractivity contribution in [1.82, 2.24) is 9.80 Å². The van der Waals surface area contributed by atoms with Crippen molar-refractivity contribution < 1.29 is 18.7 Å². The van der Waals surface area contributed by atoms with E-state index in [-0.39, 0.29) is 30.2 Å². The zero-order valence-electron chi connectivity index (χ0n) is 12.3. The van der Waals surface area contributed by atoms with Crippen LogP contribution in [0.5, 0.6) is 0 Å². The average Bonchev–Trinajstić information content (AvgIpc) is 3.12. The predicted molar refractivity (Wildman–Crippen MR) is 77.7 cm³/mol. The van der Waals surface area contributed by atoms with Gasteiger partial charge in [-0.1, -0.05) is 18.2 Å². The summed E-state index contributed by atoms with van der Waals surface area (Å²) in [6.07, 6.45) is 0.689. The lowest BCUT2D eigenvalue weighted by Gasteiger charge is -2.19. The van der Waals surface area contributed by atoms with Crippen LogP contribution in [0.15, 0.2) is 24.3 Å². The van der Waals surface area contributed by atoms with Crippen LogP contribution in [-0.4, -0.2) is 54.6 Å². The molecule has 2 aliphatic rings. The average molecular weight is 306 g/mol. The summed E-state index contributed by atoms with van der Waals surface area (Å²) in [5.41, 5.74) is 0.430.